The summed E-state index contributed by atoms with van der Waals surface area (Å²) < 4.78 is 26.0. The minimum Gasteiger partial charge on any atom is -0.444 e. The van der Waals surface area contributed by atoms with Crippen LogP contribution in [0.4, 0.5) is 9.18 Å². The van der Waals surface area contributed by atoms with Crippen LogP contribution in [0.3, 0.4) is 0 Å². The molecule has 1 aromatic rings. The molecule has 7 nitrogen and oxygen atoms in total. The Morgan fingerprint density at radius 3 is 2.46 bits per heavy atom. The number of nitrogens with zero attached hydrogens (tertiary/aromatic N) is 3. The van der Waals surface area contributed by atoms with Gasteiger partial charge in [0.2, 0.25) is 5.91 Å². The molecule has 35 heavy (non-hydrogen) atoms. The highest BCUT2D eigenvalue weighted by Crippen LogP contribution is 2.38. The van der Waals surface area contributed by atoms with Crippen LogP contribution < -0.4 is 0 Å². The molecule has 3 heterocycles. The Morgan fingerprint density at radius 1 is 1.11 bits per heavy atom. The number of benzene rings is 1. The van der Waals surface area contributed by atoms with E-state index in [1.807, 2.05) is 32.6 Å². The first-order valence-corrected chi connectivity index (χ1v) is 13.0. The van der Waals surface area contributed by atoms with Crippen molar-refractivity contribution in [1.29, 1.82) is 0 Å². The summed E-state index contributed by atoms with van der Waals surface area (Å²) in [5.74, 6) is -0.942. The Morgan fingerprint density at radius 2 is 1.83 bits per heavy atom. The summed E-state index contributed by atoms with van der Waals surface area (Å²) in [7, 11) is 0. The maximum atomic E-state index is 15.0. The molecule has 3 fully saturated rings. The summed E-state index contributed by atoms with van der Waals surface area (Å²) in [6.07, 6.45) is 1.48. The lowest BCUT2D eigenvalue weighted by Crippen LogP contribution is -2.57. The number of piperazine rings is 1. The minimum atomic E-state index is -0.572. The molecule has 1 aromatic carbocycles. The van der Waals surface area contributed by atoms with Gasteiger partial charge in [-0.1, -0.05) is 17.7 Å². The van der Waals surface area contributed by atoms with Gasteiger partial charge in [0.25, 0.3) is 0 Å². The van der Waals surface area contributed by atoms with Gasteiger partial charge in [-0.05, 0) is 58.2 Å². The second-order valence-corrected chi connectivity index (χ2v) is 11.4. The fourth-order valence-electron chi connectivity index (χ4n) is 5.53. The molecule has 3 aliphatic heterocycles. The number of likely N-dealkylation sites (tertiary alicyclic amines) is 1. The van der Waals surface area contributed by atoms with E-state index < -0.39 is 5.60 Å². The van der Waals surface area contributed by atoms with E-state index in [1.165, 1.54) is 6.07 Å². The Balaban J connectivity index is 1.50. The Labute approximate surface area is 212 Å². The molecule has 1 unspecified atom stereocenters. The summed E-state index contributed by atoms with van der Waals surface area (Å²) in [6.45, 7) is 11.4. The van der Waals surface area contributed by atoms with Gasteiger partial charge in [0.05, 0.1) is 5.92 Å². The Hall–Kier alpha value is -1.90. The van der Waals surface area contributed by atoms with Crippen molar-refractivity contribution < 1.29 is 23.5 Å². The van der Waals surface area contributed by atoms with Crippen LogP contribution in [-0.4, -0.2) is 90.3 Å². The lowest BCUT2D eigenvalue weighted by atomic mass is 9.87. The maximum Gasteiger partial charge on any atom is 0.410 e. The van der Waals surface area contributed by atoms with E-state index in [-0.39, 0.29) is 35.7 Å². The molecule has 0 aliphatic carbocycles. The molecule has 0 spiro atoms. The SMILES string of the molecule is C[C@@H]1CN(C(=O)[C@@H]2CN(C3CCOCC3)CC2c2ccc(Cl)cc2F)CCN1C(=O)OC(C)(C)C. The number of carbonyl (C=O) groups excluding carboxylic acids is 2. The fraction of sp³-hybridized carbons (Fsp3) is 0.692. The molecule has 9 heteroatoms. The Kier molecular flexibility index (Phi) is 7.93. The van der Waals surface area contributed by atoms with Crippen LogP contribution in [0.1, 0.15) is 52.0 Å². The predicted octanol–water partition coefficient (Wildman–Crippen LogP) is 4.14. The zero-order valence-corrected chi connectivity index (χ0v) is 21.9. The normalized spacial score (nSPS) is 26.7. The second kappa shape index (κ2) is 10.6. The van der Waals surface area contributed by atoms with E-state index in [9.17, 15) is 14.0 Å². The van der Waals surface area contributed by atoms with E-state index >= 15 is 0 Å². The van der Waals surface area contributed by atoms with Crippen molar-refractivity contribution in [2.24, 2.45) is 5.92 Å². The smallest absolute Gasteiger partial charge is 0.410 e. The third-order valence-electron chi connectivity index (χ3n) is 7.30. The van der Waals surface area contributed by atoms with E-state index in [1.54, 1.807) is 17.0 Å². The van der Waals surface area contributed by atoms with Crippen molar-refractivity contribution in [3.05, 3.63) is 34.6 Å². The van der Waals surface area contributed by atoms with Gasteiger partial charge in [-0.25, -0.2) is 9.18 Å². The van der Waals surface area contributed by atoms with Gasteiger partial charge in [-0.3, -0.25) is 9.69 Å². The van der Waals surface area contributed by atoms with Gasteiger partial charge < -0.3 is 19.3 Å². The van der Waals surface area contributed by atoms with Gasteiger partial charge in [0.1, 0.15) is 11.4 Å². The highest BCUT2D eigenvalue weighted by molar-refractivity contribution is 6.30. The molecular weight excluding hydrogens is 473 g/mol. The summed E-state index contributed by atoms with van der Waals surface area (Å²) in [4.78, 5) is 32.3. The van der Waals surface area contributed by atoms with Crippen LogP contribution in [0.2, 0.25) is 5.02 Å². The number of hydrogen-bond acceptors (Lipinski definition) is 5. The number of amides is 2. The zero-order chi connectivity index (χ0) is 25.3. The summed E-state index contributed by atoms with van der Waals surface area (Å²) >= 11 is 6.01. The molecule has 0 bridgehead atoms. The van der Waals surface area contributed by atoms with Crippen LogP contribution >= 0.6 is 11.6 Å². The molecule has 3 atom stereocenters. The number of rotatable bonds is 3. The third kappa shape index (κ3) is 6.09. The van der Waals surface area contributed by atoms with Crippen LogP contribution in [-0.2, 0) is 14.3 Å². The first kappa shape index (κ1) is 26.2. The van der Waals surface area contributed by atoms with E-state index in [2.05, 4.69) is 4.90 Å². The van der Waals surface area contributed by atoms with Gasteiger partial charge in [0, 0.05) is 69.0 Å². The average Bonchev–Trinajstić information content (AvgIpc) is 3.23. The lowest BCUT2D eigenvalue weighted by Gasteiger charge is -2.41. The quantitative estimate of drug-likeness (QED) is 0.613. The minimum absolute atomic E-state index is 0.0228. The molecule has 0 aromatic heterocycles. The molecular formula is C26H37ClFN3O4. The largest absolute Gasteiger partial charge is 0.444 e. The van der Waals surface area contributed by atoms with E-state index in [0.29, 0.717) is 62.6 Å². The molecule has 194 valence electrons. The average molecular weight is 510 g/mol. The van der Waals surface area contributed by atoms with Crippen molar-refractivity contribution in [2.75, 3.05) is 45.9 Å². The molecule has 3 aliphatic rings. The topological polar surface area (TPSA) is 62.3 Å². The van der Waals surface area contributed by atoms with Gasteiger partial charge in [-0.15, -0.1) is 0 Å². The third-order valence-corrected chi connectivity index (χ3v) is 7.54. The second-order valence-electron chi connectivity index (χ2n) is 11.0. The maximum absolute atomic E-state index is 15.0. The molecule has 4 rings (SSSR count). The van der Waals surface area contributed by atoms with Crippen molar-refractivity contribution in [3.63, 3.8) is 0 Å². The number of halogens is 2. The molecule has 0 N–H and O–H groups in total. The molecule has 0 radical (unpaired) electrons. The lowest BCUT2D eigenvalue weighted by molar-refractivity contribution is -0.138. The highest BCUT2D eigenvalue weighted by Gasteiger charge is 2.45. The number of ether oxygens (including phenoxy) is 2. The van der Waals surface area contributed by atoms with Crippen molar-refractivity contribution >= 4 is 23.6 Å². The molecule has 3 saturated heterocycles. The summed E-state index contributed by atoms with van der Waals surface area (Å²) in [5.41, 5.74) is -0.0281. The van der Waals surface area contributed by atoms with Crippen LogP contribution in [0.25, 0.3) is 0 Å². The molecule has 2 amide bonds. The summed E-state index contributed by atoms with van der Waals surface area (Å²) in [6, 6.07) is 4.92. The number of carbonyl (C=O) groups is 2. The van der Waals surface area contributed by atoms with E-state index in [4.69, 9.17) is 21.1 Å². The fourth-order valence-corrected chi connectivity index (χ4v) is 5.69. The molecule has 0 saturated carbocycles. The van der Waals surface area contributed by atoms with E-state index in [0.717, 1.165) is 12.8 Å². The van der Waals surface area contributed by atoms with Crippen molar-refractivity contribution in [2.45, 2.75) is 64.1 Å². The first-order valence-electron chi connectivity index (χ1n) is 12.6. The van der Waals surface area contributed by atoms with Gasteiger partial charge >= 0.3 is 6.09 Å². The van der Waals surface area contributed by atoms with Gasteiger partial charge in [0.15, 0.2) is 0 Å². The zero-order valence-electron chi connectivity index (χ0n) is 21.1. The highest BCUT2D eigenvalue weighted by atomic mass is 35.5. The summed E-state index contributed by atoms with van der Waals surface area (Å²) in [5, 5.41) is 0.348. The number of hydrogen-bond donors (Lipinski definition) is 0. The standard InChI is InChI=1S/C26H37ClFN3O4/c1-17-14-29(9-10-31(17)25(33)35-26(2,3)4)24(32)22-16-30(19-7-11-34-12-8-19)15-21(22)20-6-5-18(27)13-23(20)28/h5-6,13,17,19,21-22H,7-12,14-16H2,1-4H3/t17-,21?,22-/m1/s1. The van der Waals surface area contributed by atoms with Crippen LogP contribution in [0.5, 0.6) is 0 Å². The van der Waals surface area contributed by atoms with Crippen molar-refractivity contribution in [1.82, 2.24) is 14.7 Å². The van der Waals surface area contributed by atoms with Crippen molar-refractivity contribution in [3.8, 4) is 0 Å². The first-order chi connectivity index (χ1) is 16.5. The van der Waals surface area contributed by atoms with Crippen LogP contribution in [0.15, 0.2) is 18.2 Å². The van der Waals surface area contributed by atoms with Crippen LogP contribution in [0, 0.1) is 11.7 Å². The predicted molar refractivity (Wildman–Crippen MR) is 132 cm³/mol. The monoisotopic (exact) mass is 509 g/mol. The van der Waals surface area contributed by atoms with Gasteiger partial charge in [-0.2, -0.15) is 0 Å². The Bertz CT molecular complexity index is 934.